The van der Waals surface area contributed by atoms with Crippen molar-refractivity contribution in [3.05, 3.63) is 0 Å². The average molecular weight is 201 g/mol. The number of hydrogen-bond donors (Lipinski definition) is 2. The monoisotopic (exact) mass is 201 g/mol. The van der Waals surface area contributed by atoms with Crippen molar-refractivity contribution in [1.82, 2.24) is 9.80 Å². The molecule has 5 nitrogen and oxygen atoms in total. The molecule has 3 N–H and O–H groups in total. The average Bonchev–Trinajstić information content (AvgIpc) is 2.31. The fourth-order valence-corrected chi connectivity index (χ4v) is 1.64. The van der Waals surface area contributed by atoms with E-state index < -0.39 is 12.0 Å². The lowest BCUT2D eigenvalue weighted by molar-refractivity contribution is -0.139. The van der Waals surface area contributed by atoms with E-state index in [9.17, 15) is 4.79 Å². The Morgan fingerprint density at radius 3 is 2.79 bits per heavy atom. The van der Waals surface area contributed by atoms with Crippen molar-refractivity contribution in [1.29, 1.82) is 0 Å². The molecule has 1 atom stereocenters. The molecule has 0 aromatic carbocycles. The number of carboxylic acid groups (broad SMARTS) is 1. The van der Waals surface area contributed by atoms with Crippen LogP contribution >= 0.6 is 0 Å². The predicted octanol–water partition coefficient (Wildman–Crippen LogP) is -0.964. The van der Waals surface area contributed by atoms with Crippen LogP contribution in [0.1, 0.15) is 6.42 Å². The highest BCUT2D eigenvalue weighted by Crippen LogP contribution is 2.01. The maximum atomic E-state index is 10.6. The van der Waals surface area contributed by atoms with Crippen LogP contribution in [0.2, 0.25) is 0 Å². The predicted molar refractivity (Wildman–Crippen MR) is 54.2 cm³/mol. The van der Waals surface area contributed by atoms with E-state index in [-0.39, 0.29) is 0 Å². The first kappa shape index (κ1) is 11.4. The van der Waals surface area contributed by atoms with Crippen LogP contribution in [0.4, 0.5) is 0 Å². The van der Waals surface area contributed by atoms with Crippen LogP contribution in [0.5, 0.6) is 0 Å². The number of nitrogens with zero attached hydrogens (tertiary/aromatic N) is 2. The minimum absolute atomic E-state index is 0.461. The number of nitrogens with two attached hydrogens (primary N) is 1. The minimum Gasteiger partial charge on any atom is -0.480 e. The molecule has 1 aliphatic rings. The van der Waals surface area contributed by atoms with Gasteiger partial charge in [0.25, 0.3) is 0 Å². The Labute approximate surface area is 84.5 Å². The Kier molecular flexibility index (Phi) is 4.31. The van der Waals surface area contributed by atoms with Crippen molar-refractivity contribution in [3.8, 4) is 0 Å². The molecule has 0 radical (unpaired) electrons. The third-order valence-corrected chi connectivity index (χ3v) is 2.58. The van der Waals surface area contributed by atoms with Crippen molar-refractivity contribution in [2.45, 2.75) is 12.5 Å². The third-order valence-electron chi connectivity index (χ3n) is 2.58. The molecule has 0 aromatic rings. The third kappa shape index (κ3) is 3.61. The number of hydrogen-bond acceptors (Lipinski definition) is 4. The number of aliphatic carboxylic acids is 1. The standard InChI is InChI=1S/C9H19N3O2/c1-11-3-2-4-12(6-5-11)7-8(10)9(13)14/h8H,2-7,10H2,1H3,(H,13,14). The van der Waals surface area contributed by atoms with Gasteiger partial charge in [-0.05, 0) is 26.6 Å². The van der Waals surface area contributed by atoms with E-state index in [0.717, 1.165) is 32.6 Å². The molecule has 14 heavy (non-hydrogen) atoms. The second-order valence-electron chi connectivity index (χ2n) is 3.90. The van der Waals surface area contributed by atoms with Crippen LogP contribution in [-0.2, 0) is 4.79 Å². The highest BCUT2D eigenvalue weighted by molar-refractivity contribution is 5.73. The number of rotatable bonds is 3. The SMILES string of the molecule is CN1CCCN(CC(N)C(=O)O)CC1. The number of carboxylic acids is 1. The van der Waals surface area contributed by atoms with E-state index in [2.05, 4.69) is 16.8 Å². The molecule has 1 aliphatic heterocycles. The molecule has 0 amide bonds. The quantitative estimate of drug-likeness (QED) is 0.615. The summed E-state index contributed by atoms with van der Waals surface area (Å²) < 4.78 is 0. The molecule has 82 valence electrons. The van der Waals surface area contributed by atoms with Gasteiger partial charge in [0.15, 0.2) is 0 Å². The summed E-state index contributed by atoms with van der Waals surface area (Å²) in [5, 5.41) is 8.67. The van der Waals surface area contributed by atoms with Crippen molar-refractivity contribution in [3.63, 3.8) is 0 Å². The van der Waals surface area contributed by atoms with Gasteiger partial charge < -0.3 is 15.7 Å². The summed E-state index contributed by atoms with van der Waals surface area (Å²) in [5.41, 5.74) is 5.48. The molecule has 0 aliphatic carbocycles. The molecule has 1 fully saturated rings. The second kappa shape index (κ2) is 5.29. The van der Waals surface area contributed by atoms with Crippen molar-refractivity contribution >= 4 is 5.97 Å². The first-order valence-electron chi connectivity index (χ1n) is 4.99. The summed E-state index contributed by atoms with van der Waals surface area (Å²) in [7, 11) is 2.08. The van der Waals surface area contributed by atoms with Crippen LogP contribution in [0.25, 0.3) is 0 Å². The molecule has 0 spiro atoms. The molecule has 1 unspecified atom stereocenters. The second-order valence-corrected chi connectivity index (χ2v) is 3.90. The van der Waals surface area contributed by atoms with Gasteiger partial charge in [0.1, 0.15) is 6.04 Å². The van der Waals surface area contributed by atoms with Crippen molar-refractivity contribution < 1.29 is 9.90 Å². The zero-order chi connectivity index (χ0) is 10.6. The number of likely N-dealkylation sites (N-methyl/N-ethyl adjacent to an activating group) is 1. The van der Waals surface area contributed by atoms with E-state index in [1.807, 2.05) is 0 Å². The van der Waals surface area contributed by atoms with Crippen LogP contribution in [0.3, 0.4) is 0 Å². The van der Waals surface area contributed by atoms with E-state index in [4.69, 9.17) is 10.8 Å². The first-order valence-corrected chi connectivity index (χ1v) is 4.99. The summed E-state index contributed by atoms with van der Waals surface area (Å²) in [4.78, 5) is 14.9. The summed E-state index contributed by atoms with van der Waals surface area (Å²) in [6, 6.07) is -0.751. The van der Waals surface area contributed by atoms with Crippen molar-refractivity contribution in [2.24, 2.45) is 5.73 Å². The zero-order valence-electron chi connectivity index (χ0n) is 8.65. The number of carbonyl (C=O) groups is 1. The van der Waals surface area contributed by atoms with Gasteiger partial charge in [0.2, 0.25) is 0 Å². The molecular weight excluding hydrogens is 182 g/mol. The maximum Gasteiger partial charge on any atom is 0.321 e. The van der Waals surface area contributed by atoms with Crippen LogP contribution in [-0.4, -0.2) is 66.7 Å². The summed E-state index contributed by atoms with van der Waals surface area (Å²) in [6.45, 7) is 4.40. The van der Waals surface area contributed by atoms with E-state index in [0.29, 0.717) is 6.54 Å². The van der Waals surface area contributed by atoms with Gasteiger partial charge in [-0.1, -0.05) is 0 Å². The van der Waals surface area contributed by atoms with Gasteiger partial charge in [-0.3, -0.25) is 9.69 Å². The van der Waals surface area contributed by atoms with Gasteiger partial charge >= 0.3 is 5.97 Å². The molecule has 1 heterocycles. The lowest BCUT2D eigenvalue weighted by atomic mass is 10.3. The topological polar surface area (TPSA) is 69.8 Å². The first-order chi connectivity index (χ1) is 6.59. The Morgan fingerprint density at radius 1 is 1.43 bits per heavy atom. The summed E-state index contributed by atoms with van der Waals surface area (Å²) >= 11 is 0. The fourth-order valence-electron chi connectivity index (χ4n) is 1.64. The lowest BCUT2D eigenvalue weighted by Gasteiger charge is -2.21. The molecule has 5 heteroatoms. The van der Waals surface area contributed by atoms with Gasteiger partial charge in [-0.2, -0.15) is 0 Å². The smallest absolute Gasteiger partial charge is 0.321 e. The highest BCUT2D eigenvalue weighted by atomic mass is 16.4. The Bertz CT molecular complexity index is 198. The van der Waals surface area contributed by atoms with Crippen LogP contribution in [0, 0.1) is 0 Å². The van der Waals surface area contributed by atoms with Gasteiger partial charge in [-0.15, -0.1) is 0 Å². The molecule has 1 saturated heterocycles. The Balaban J connectivity index is 2.33. The molecular formula is C9H19N3O2. The van der Waals surface area contributed by atoms with Crippen molar-refractivity contribution in [2.75, 3.05) is 39.8 Å². The zero-order valence-corrected chi connectivity index (χ0v) is 8.65. The lowest BCUT2D eigenvalue weighted by Crippen LogP contribution is -2.43. The van der Waals surface area contributed by atoms with Crippen LogP contribution < -0.4 is 5.73 Å². The van der Waals surface area contributed by atoms with E-state index in [1.54, 1.807) is 0 Å². The molecule has 1 rings (SSSR count). The maximum absolute atomic E-state index is 10.6. The normalized spacial score (nSPS) is 23.0. The molecule has 0 saturated carbocycles. The van der Waals surface area contributed by atoms with E-state index >= 15 is 0 Å². The van der Waals surface area contributed by atoms with Gasteiger partial charge in [0, 0.05) is 19.6 Å². The summed E-state index contributed by atoms with van der Waals surface area (Å²) in [5.74, 6) is -0.914. The molecule has 0 aromatic heterocycles. The van der Waals surface area contributed by atoms with Gasteiger partial charge in [-0.25, -0.2) is 0 Å². The van der Waals surface area contributed by atoms with Crippen LogP contribution in [0.15, 0.2) is 0 Å². The largest absolute Gasteiger partial charge is 0.480 e. The summed E-state index contributed by atoms with van der Waals surface area (Å²) in [6.07, 6.45) is 1.09. The minimum atomic E-state index is -0.914. The van der Waals surface area contributed by atoms with Gasteiger partial charge in [0.05, 0.1) is 0 Å². The molecule has 0 bridgehead atoms. The van der Waals surface area contributed by atoms with E-state index in [1.165, 1.54) is 0 Å². The Morgan fingerprint density at radius 2 is 2.14 bits per heavy atom. The fraction of sp³-hybridized carbons (Fsp3) is 0.889. The highest BCUT2D eigenvalue weighted by Gasteiger charge is 2.18. The Hall–Kier alpha value is -0.650.